The fraction of sp³-hybridized carbons (Fsp3) is 0.333. The molecule has 1 aliphatic rings. The van der Waals surface area contributed by atoms with Crippen LogP contribution >= 0.6 is 0 Å². The first kappa shape index (κ1) is 24.8. The Hall–Kier alpha value is -3.52. The Kier molecular flexibility index (Phi) is 5.54. The minimum Gasteiger partial charge on any atom is -0.233 e. The molecule has 5 aromatic rings. The maximum Gasteiger partial charge on any atom is 0.126 e. The van der Waals surface area contributed by atoms with Gasteiger partial charge in [-0.2, -0.15) is 0 Å². The van der Waals surface area contributed by atoms with Gasteiger partial charge in [0.2, 0.25) is 0 Å². The van der Waals surface area contributed by atoms with Crippen molar-refractivity contribution >= 4 is 21.5 Å². The van der Waals surface area contributed by atoms with Gasteiger partial charge in [0.05, 0.1) is 11.4 Å². The molecule has 0 saturated carbocycles. The van der Waals surface area contributed by atoms with Gasteiger partial charge >= 0.3 is 0 Å². The molecule has 0 aliphatic heterocycles. The number of nitrogens with zero attached hydrogens (tertiary/aromatic N) is 2. The van der Waals surface area contributed by atoms with Crippen LogP contribution in [0.2, 0.25) is 0 Å². The Balaban J connectivity index is 1.71. The zero-order chi connectivity index (χ0) is 27.0. The van der Waals surface area contributed by atoms with Gasteiger partial charge in [-0.15, -0.1) is 0 Å². The van der Waals surface area contributed by atoms with Crippen LogP contribution in [0.4, 0.5) is 0 Å². The monoisotopic (exact) mass is 498 g/mol. The number of hydrogen-bond acceptors (Lipinski definition) is 2. The first-order valence-corrected chi connectivity index (χ1v) is 13.9. The minimum absolute atomic E-state index is 0.0154. The van der Waals surface area contributed by atoms with E-state index in [0.717, 1.165) is 23.6 Å². The summed E-state index contributed by atoms with van der Waals surface area (Å²) >= 11 is 0. The van der Waals surface area contributed by atoms with Crippen molar-refractivity contribution in [1.82, 2.24) is 9.97 Å². The minimum atomic E-state index is -0.211. The highest BCUT2D eigenvalue weighted by molar-refractivity contribution is 5.99. The van der Waals surface area contributed by atoms with Crippen molar-refractivity contribution in [3.8, 4) is 22.5 Å². The van der Waals surface area contributed by atoms with E-state index in [1.165, 1.54) is 54.9 Å². The molecule has 1 aromatic heterocycles. The van der Waals surface area contributed by atoms with Crippen LogP contribution in [-0.2, 0) is 17.3 Å². The van der Waals surface area contributed by atoms with E-state index in [0.29, 0.717) is 5.92 Å². The largest absolute Gasteiger partial charge is 0.233 e. The van der Waals surface area contributed by atoms with E-state index in [9.17, 15) is 0 Å². The summed E-state index contributed by atoms with van der Waals surface area (Å²) in [5.74, 6) is 1.38. The molecule has 0 unspecified atom stereocenters. The third kappa shape index (κ3) is 3.76. The standard InChI is InChI=1S/C36H38N2/c1-21(2)17-28-26-15-11-9-14-24(26)19-30-31(28)34-32(36(30,7)8)33(37-22(3)38-34)25-18-23-13-10-12-16-27(23)29(20-25)35(4,5)6/h9-16,18-21H,17H2,1-8H3. The number of rotatable bonds is 3. The van der Waals surface area contributed by atoms with Crippen LogP contribution in [0.5, 0.6) is 0 Å². The molecule has 2 heteroatoms. The van der Waals surface area contributed by atoms with Crippen LogP contribution in [0.15, 0.2) is 66.7 Å². The van der Waals surface area contributed by atoms with Gasteiger partial charge in [-0.3, -0.25) is 0 Å². The summed E-state index contributed by atoms with van der Waals surface area (Å²) in [5.41, 5.74) is 9.94. The predicted molar refractivity (Wildman–Crippen MR) is 162 cm³/mol. The lowest BCUT2D eigenvalue weighted by Gasteiger charge is -2.26. The normalized spacial score (nSPS) is 14.3. The quantitative estimate of drug-likeness (QED) is 0.247. The van der Waals surface area contributed by atoms with Gasteiger partial charge in [-0.05, 0) is 81.1 Å². The second kappa shape index (κ2) is 8.50. The third-order valence-electron chi connectivity index (χ3n) is 8.27. The van der Waals surface area contributed by atoms with Crippen LogP contribution in [0.25, 0.3) is 44.1 Å². The lowest BCUT2D eigenvalue weighted by molar-refractivity contribution is 0.596. The van der Waals surface area contributed by atoms with Crippen molar-refractivity contribution in [1.29, 1.82) is 0 Å². The Labute approximate surface area is 227 Å². The number of aryl methyl sites for hydroxylation is 1. The first-order chi connectivity index (χ1) is 18.0. The van der Waals surface area contributed by atoms with E-state index < -0.39 is 0 Å². The summed E-state index contributed by atoms with van der Waals surface area (Å²) in [7, 11) is 0. The fourth-order valence-electron chi connectivity index (χ4n) is 6.56. The van der Waals surface area contributed by atoms with Gasteiger partial charge in [0, 0.05) is 22.1 Å². The van der Waals surface area contributed by atoms with Gasteiger partial charge in [-0.1, -0.05) is 97.0 Å². The van der Waals surface area contributed by atoms with E-state index in [-0.39, 0.29) is 10.8 Å². The lowest BCUT2D eigenvalue weighted by atomic mass is 9.78. The molecule has 1 aliphatic carbocycles. The highest BCUT2D eigenvalue weighted by atomic mass is 14.9. The summed E-state index contributed by atoms with van der Waals surface area (Å²) in [6, 6.07) is 24.8. The van der Waals surface area contributed by atoms with E-state index in [4.69, 9.17) is 9.97 Å². The predicted octanol–water partition coefficient (Wildman–Crippen LogP) is 9.56. The molecular weight excluding hydrogens is 460 g/mol. The maximum absolute atomic E-state index is 5.17. The molecule has 192 valence electrons. The summed E-state index contributed by atoms with van der Waals surface area (Å²) in [6.07, 6.45) is 1.03. The van der Waals surface area contributed by atoms with E-state index in [1.54, 1.807) is 0 Å². The number of hydrogen-bond donors (Lipinski definition) is 0. The average molecular weight is 499 g/mol. The number of fused-ring (bicyclic) bond motifs is 5. The van der Waals surface area contributed by atoms with Crippen LogP contribution in [0, 0.1) is 12.8 Å². The summed E-state index contributed by atoms with van der Waals surface area (Å²) in [4.78, 5) is 10.3. The third-order valence-corrected chi connectivity index (χ3v) is 8.27. The second-order valence-electron chi connectivity index (χ2n) is 13.1. The zero-order valence-electron chi connectivity index (χ0n) is 24.0. The molecule has 38 heavy (non-hydrogen) atoms. The highest BCUT2D eigenvalue weighted by Crippen LogP contribution is 2.54. The molecule has 0 fully saturated rings. The molecule has 0 spiro atoms. The van der Waals surface area contributed by atoms with Crippen molar-refractivity contribution in [2.45, 2.75) is 72.6 Å². The fourth-order valence-corrected chi connectivity index (χ4v) is 6.56. The van der Waals surface area contributed by atoms with Crippen molar-refractivity contribution in [3.05, 3.63) is 94.8 Å². The molecular formula is C36H38N2. The Bertz CT molecular complexity index is 1730. The van der Waals surface area contributed by atoms with Crippen LogP contribution in [0.1, 0.15) is 76.5 Å². The molecule has 0 bridgehead atoms. The molecule has 0 amide bonds. The van der Waals surface area contributed by atoms with E-state index in [1.807, 2.05) is 6.92 Å². The Morgan fingerprint density at radius 3 is 2.05 bits per heavy atom. The average Bonchev–Trinajstić information content (AvgIpc) is 3.08. The van der Waals surface area contributed by atoms with Crippen molar-refractivity contribution in [2.75, 3.05) is 0 Å². The summed E-state index contributed by atoms with van der Waals surface area (Å²) < 4.78 is 0. The van der Waals surface area contributed by atoms with Gasteiger partial charge in [0.1, 0.15) is 5.82 Å². The van der Waals surface area contributed by atoms with Gasteiger partial charge in [-0.25, -0.2) is 9.97 Å². The molecule has 0 atom stereocenters. The highest BCUT2D eigenvalue weighted by Gasteiger charge is 2.42. The summed E-state index contributed by atoms with van der Waals surface area (Å²) in [6.45, 7) is 18.3. The molecule has 0 radical (unpaired) electrons. The Morgan fingerprint density at radius 1 is 0.789 bits per heavy atom. The molecule has 1 heterocycles. The van der Waals surface area contributed by atoms with E-state index >= 15 is 0 Å². The molecule has 0 N–H and O–H groups in total. The first-order valence-electron chi connectivity index (χ1n) is 13.9. The molecule has 2 nitrogen and oxygen atoms in total. The van der Waals surface area contributed by atoms with Gasteiger partial charge in [0.25, 0.3) is 0 Å². The maximum atomic E-state index is 5.17. The topological polar surface area (TPSA) is 25.8 Å². The van der Waals surface area contributed by atoms with Crippen molar-refractivity contribution in [2.24, 2.45) is 5.92 Å². The SMILES string of the molecule is Cc1nc(-c2cc(C(C)(C)C)c3ccccc3c2)c2c(n1)-c1c(cc3ccccc3c1CC(C)C)C2(C)C. The Morgan fingerprint density at radius 2 is 1.39 bits per heavy atom. The molecule has 0 saturated heterocycles. The lowest BCUT2D eigenvalue weighted by Crippen LogP contribution is -2.18. The number of aromatic nitrogens is 2. The number of benzene rings is 4. The van der Waals surface area contributed by atoms with E-state index in [2.05, 4.69) is 115 Å². The van der Waals surface area contributed by atoms with Gasteiger partial charge < -0.3 is 0 Å². The van der Waals surface area contributed by atoms with Crippen LogP contribution in [-0.4, -0.2) is 9.97 Å². The smallest absolute Gasteiger partial charge is 0.126 e. The molecule has 6 rings (SSSR count). The van der Waals surface area contributed by atoms with Crippen molar-refractivity contribution in [3.63, 3.8) is 0 Å². The van der Waals surface area contributed by atoms with Crippen LogP contribution < -0.4 is 0 Å². The van der Waals surface area contributed by atoms with Gasteiger partial charge in [0.15, 0.2) is 0 Å². The zero-order valence-corrected chi connectivity index (χ0v) is 24.0. The second-order valence-corrected chi connectivity index (χ2v) is 13.1. The molecule has 4 aromatic carbocycles. The van der Waals surface area contributed by atoms with Crippen molar-refractivity contribution < 1.29 is 0 Å². The van der Waals surface area contributed by atoms with Crippen LogP contribution in [0.3, 0.4) is 0 Å². The summed E-state index contributed by atoms with van der Waals surface area (Å²) in [5, 5.41) is 5.25.